The van der Waals surface area contributed by atoms with Crippen molar-refractivity contribution in [2.24, 2.45) is 35.5 Å². The minimum atomic E-state index is -1.37. The van der Waals surface area contributed by atoms with E-state index in [0.717, 1.165) is 6.42 Å². The smallest absolute Gasteiger partial charge is 0.311 e. The molecule has 4 aliphatic rings. The summed E-state index contributed by atoms with van der Waals surface area (Å²) in [5, 5.41) is 22.6. The van der Waals surface area contributed by atoms with E-state index < -0.39 is 64.8 Å². The van der Waals surface area contributed by atoms with E-state index in [1.54, 1.807) is 6.92 Å². The van der Waals surface area contributed by atoms with Gasteiger partial charge in [-0.3, -0.25) is 14.4 Å². The summed E-state index contributed by atoms with van der Waals surface area (Å²) in [5.74, 6) is -5.66. The predicted molar refractivity (Wildman–Crippen MR) is 210 cm³/mol. The summed E-state index contributed by atoms with van der Waals surface area (Å²) in [6.07, 6.45) is 6.29. The van der Waals surface area contributed by atoms with Crippen LogP contribution in [0.5, 0.6) is 0 Å². The zero-order chi connectivity index (χ0) is 41.8. The number of hydrogen-bond donors (Lipinski definition) is 2. The van der Waals surface area contributed by atoms with Crippen molar-refractivity contribution in [1.82, 2.24) is 0 Å². The van der Waals surface area contributed by atoms with Crippen LogP contribution < -0.4 is 0 Å². The van der Waals surface area contributed by atoms with Crippen molar-refractivity contribution >= 4 is 17.7 Å². The van der Waals surface area contributed by atoms with Gasteiger partial charge in [-0.2, -0.15) is 0 Å². The van der Waals surface area contributed by atoms with E-state index in [1.165, 1.54) is 14.0 Å². The first kappa shape index (κ1) is 46.8. The van der Waals surface area contributed by atoms with Crippen LogP contribution >= 0.6 is 0 Å². The molecule has 56 heavy (non-hydrogen) atoms. The summed E-state index contributed by atoms with van der Waals surface area (Å²) in [7, 11) is 1.38. The number of ether oxygens (including phenoxy) is 7. The Kier molecular flexibility index (Phi) is 15.8. The topological polar surface area (TPSA) is 156 Å². The minimum Gasteiger partial charge on any atom is -0.469 e. The van der Waals surface area contributed by atoms with E-state index in [0.29, 0.717) is 57.8 Å². The maximum Gasteiger partial charge on any atom is 0.311 e. The van der Waals surface area contributed by atoms with Crippen molar-refractivity contribution in [2.75, 3.05) is 13.7 Å². The van der Waals surface area contributed by atoms with Crippen LogP contribution in [0.1, 0.15) is 140 Å². The summed E-state index contributed by atoms with van der Waals surface area (Å²) < 4.78 is 44.6. The Hall–Kier alpha value is -1.93. The monoisotopic (exact) mass is 795 g/mol. The third kappa shape index (κ3) is 9.58. The van der Waals surface area contributed by atoms with Gasteiger partial charge in [0, 0.05) is 37.0 Å². The van der Waals surface area contributed by atoms with E-state index in [9.17, 15) is 24.6 Å². The molecule has 12 nitrogen and oxygen atoms in total. The summed E-state index contributed by atoms with van der Waals surface area (Å²) in [6.45, 7) is 21.1. The van der Waals surface area contributed by atoms with Gasteiger partial charge < -0.3 is 43.4 Å². The molecular weight excluding hydrogens is 720 g/mol. The van der Waals surface area contributed by atoms with Gasteiger partial charge in [-0.05, 0) is 83.3 Å². The van der Waals surface area contributed by atoms with Crippen molar-refractivity contribution in [3.05, 3.63) is 12.2 Å². The fourth-order valence-electron chi connectivity index (χ4n) is 9.89. The Morgan fingerprint density at radius 3 is 2.27 bits per heavy atom. The lowest BCUT2D eigenvalue weighted by molar-refractivity contribution is -0.409. The van der Waals surface area contributed by atoms with Crippen LogP contribution in [0.4, 0.5) is 0 Å². The Bertz CT molecular complexity index is 1370. The SMILES string of the molecule is CCCC(OCC(C)C(O)C(C)C(=O)C(CC)C1OC2(C=CC(OC(C)=O)C3(CCC(C)(C4CCC(O)(CC)C(C)O4)O3)O2)C(C)CC1C)C(CC)C(=O)OC. The first-order chi connectivity index (χ1) is 26.3. The van der Waals surface area contributed by atoms with Gasteiger partial charge in [0.15, 0.2) is 11.9 Å². The number of esters is 2. The molecule has 2 spiro atoms. The van der Waals surface area contributed by atoms with Crippen molar-refractivity contribution in [3.8, 4) is 0 Å². The van der Waals surface area contributed by atoms with Gasteiger partial charge in [0.2, 0.25) is 5.79 Å². The van der Waals surface area contributed by atoms with Gasteiger partial charge in [-0.15, -0.1) is 0 Å². The zero-order valence-corrected chi connectivity index (χ0v) is 36.3. The quantitative estimate of drug-likeness (QED) is 0.117. The number of carbonyl (C=O) groups is 3. The highest BCUT2D eigenvalue weighted by atomic mass is 16.8. The van der Waals surface area contributed by atoms with Gasteiger partial charge in [-0.25, -0.2) is 0 Å². The second kappa shape index (κ2) is 19.0. The van der Waals surface area contributed by atoms with E-state index in [4.69, 9.17) is 33.2 Å². The van der Waals surface area contributed by atoms with Crippen LogP contribution in [0.3, 0.4) is 0 Å². The first-order valence-corrected chi connectivity index (χ1v) is 21.5. The van der Waals surface area contributed by atoms with Crippen molar-refractivity contribution in [2.45, 2.75) is 200 Å². The third-order valence-corrected chi connectivity index (χ3v) is 13.8. The lowest BCUT2D eigenvalue weighted by Crippen LogP contribution is -2.63. The van der Waals surface area contributed by atoms with Crippen molar-refractivity contribution < 1.29 is 57.8 Å². The molecule has 2 N–H and O–H groups in total. The highest BCUT2D eigenvalue weighted by Gasteiger charge is 2.64. The van der Waals surface area contributed by atoms with Gasteiger partial charge in [0.25, 0.3) is 0 Å². The molecule has 4 heterocycles. The second-order valence-electron chi connectivity index (χ2n) is 17.8. The van der Waals surface area contributed by atoms with Crippen molar-refractivity contribution in [1.29, 1.82) is 0 Å². The summed E-state index contributed by atoms with van der Waals surface area (Å²) in [4.78, 5) is 39.3. The summed E-state index contributed by atoms with van der Waals surface area (Å²) in [6, 6.07) is 0. The van der Waals surface area contributed by atoms with Crippen molar-refractivity contribution in [3.63, 3.8) is 0 Å². The molecule has 0 aromatic carbocycles. The van der Waals surface area contributed by atoms with Crippen LogP contribution in [0, 0.1) is 35.5 Å². The van der Waals surface area contributed by atoms with Gasteiger partial charge in [0.1, 0.15) is 5.78 Å². The van der Waals surface area contributed by atoms with Gasteiger partial charge >= 0.3 is 11.9 Å². The molecule has 16 atom stereocenters. The molecule has 16 unspecified atom stereocenters. The number of Topliss-reactive ketones (excluding diaryl/α,β-unsaturated/α-hetero) is 1. The Balaban J connectivity index is 1.54. The fourth-order valence-corrected chi connectivity index (χ4v) is 9.89. The maximum absolute atomic E-state index is 14.4. The standard InChI is InChI=1S/C44H74O12/c1-13-17-34(32(14-2)40(48)50-12)51-25-27(6)37(46)29(8)38(47)33(15-3)39-26(5)24-28(7)43(54-39)21-19-36(53-31(10)45)44(56-43)23-22-41(11,55-44)35-18-20-42(49,16-4)30(9)52-35/h19,21,26-30,32-37,39,46,49H,13-18,20,22-25H2,1-12H3. The highest BCUT2D eigenvalue weighted by molar-refractivity contribution is 5.84. The number of aliphatic hydroxyl groups excluding tert-OH is 1. The molecule has 0 saturated carbocycles. The largest absolute Gasteiger partial charge is 0.469 e. The highest BCUT2D eigenvalue weighted by Crippen LogP contribution is 2.54. The van der Waals surface area contributed by atoms with E-state index in [2.05, 4.69) is 13.8 Å². The minimum absolute atomic E-state index is 0.00271. The maximum atomic E-state index is 14.4. The number of carbonyl (C=O) groups excluding carboxylic acids is 3. The fraction of sp³-hybridized carbons (Fsp3) is 0.886. The Morgan fingerprint density at radius 1 is 1.00 bits per heavy atom. The van der Waals surface area contributed by atoms with E-state index >= 15 is 0 Å². The molecule has 0 radical (unpaired) electrons. The Labute approximate surface area is 336 Å². The molecule has 4 aliphatic heterocycles. The van der Waals surface area contributed by atoms with Gasteiger partial charge in [0.05, 0.1) is 61.4 Å². The van der Waals surface area contributed by atoms with Crippen LogP contribution in [-0.2, 0) is 47.5 Å². The molecule has 0 amide bonds. The molecule has 322 valence electrons. The number of methoxy groups -OCH3 is 1. The molecule has 3 saturated heterocycles. The molecule has 4 rings (SSSR count). The van der Waals surface area contributed by atoms with Crippen LogP contribution in [-0.4, -0.2) is 101 Å². The average molecular weight is 795 g/mol. The summed E-state index contributed by atoms with van der Waals surface area (Å²) in [5.41, 5.74) is -1.69. The molecular formula is C44H74O12. The molecule has 0 aliphatic carbocycles. The Morgan fingerprint density at radius 2 is 1.70 bits per heavy atom. The lowest BCUT2D eigenvalue weighted by Gasteiger charge is -2.54. The molecule has 0 aromatic heterocycles. The van der Waals surface area contributed by atoms with E-state index in [-0.39, 0.29) is 54.4 Å². The number of ketones is 1. The molecule has 12 heteroatoms. The molecule has 0 aromatic rings. The first-order valence-electron chi connectivity index (χ1n) is 21.5. The number of aliphatic hydroxyl groups is 2. The third-order valence-electron chi connectivity index (χ3n) is 13.8. The normalized spacial score (nSPS) is 39.1. The summed E-state index contributed by atoms with van der Waals surface area (Å²) >= 11 is 0. The van der Waals surface area contributed by atoms with Crippen LogP contribution in [0.15, 0.2) is 12.2 Å². The predicted octanol–water partition coefficient (Wildman–Crippen LogP) is 6.85. The number of hydrogen-bond acceptors (Lipinski definition) is 12. The van der Waals surface area contributed by atoms with E-state index in [1.807, 2.05) is 60.6 Å². The second-order valence-corrected chi connectivity index (χ2v) is 17.8. The molecule has 3 fully saturated rings. The van der Waals surface area contributed by atoms with Gasteiger partial charge in [-0.1, -0.05) is 61.8 Å². The lowest BCUT2D eigenvalue weighted by atomic mass is 9.74. The van der Waals surface area contributed by atoms with Crippen LogP contribution in [0.2, 0.25) is 0 Å². The number of rotatable bonds is 17. The van der Waals surface area contributed by atoms with Crippen LogP contribution in [0.25, 0.3) is 0 Å². The average Bonchev–Trinajstić information content (AvgIpc) is 3.51. The zero-order valence-electron chi connectivity index (χ0n) is 36.3. The molecule has 0 bridgehead atoms.